The SMILES string of the molecule is O=c1[nH]c2cccc(Cl)c2c(=O)n1CCO. The Balaban J connectivity index is 2.92. The number of nitrogens with one attached hydrogen (secondary N) is 1. The van der Waals surface area contributed by atoms with Gasteiger partial charge in [0, 0.05) is 0 Å². The summed E-state index contributed by atoms with van der Waals surface area (Å²) < 4.78 is 0.925. The first-order valence-electron chi connectivity index (χ1n) is 4.67. The lowest BCUT2D eigenvalue weighted by Crippen LogP contribution is -2.36. The van der Waals surface area contributed by atoms with Crippen molar-refractivity contribution in [3.63, 3.8) is 0 Å². The van der Waals surface area contributed by atoms with Gasteiger partial charge in [-0.2, -0.15) is 0 Å². The Hall–Kier alpha value is -1.59. The average Bonchev–Trinajstić information content (AvgIpc) is 2.24. The third-order valence-electron chi connectivity index (χ3n) is 2.28. The van der Waals surface area contributed by atoms with Crippen molar-refractivity contribution in [3.8, 4) is 0 Å². The molecule has 16 heavy (non-hydrogen) atoms. The number of benzene rings is 1. The zero-order chi connectivity index (χ0) is 11.7. The Bertz CT molecular complexity index is 645. The summed E-state index contributed by atoms with van der Waals surface area (Å²) in [5, 5.41) is 9.31. The molecule has 0 saturated carbocycles. The van der Waals surface area contributed by atoms with E-state index in [0.717, 1.165) is 4.57 Å². The van der Waals surface area contributed by atoms with Gasteiger partial charge in [0.2, 0.25) is 0 Å². The van der Waals surface area contributed by atoms with Gasteiger partial charge in [0.15, 0.2) is 0 Å². The molecule has 84 valence electrons. The van der Waals surface area contributed by atoms with Crippen LogP contribution in [0.3, 0.4) is 0 Å². The number of hydrogen-bond acceptors (Lipinski definition) is 3. The highest BCUT2D eigenvalue weighted by Gasteiger charge is 2.09. The van der Waals surface area contributed by atoms with Gasteiger partial charge in [0.05, 0.1) is 29.1 Å². The van der Waals surface area contributed by atoms with E-state index >= 15 is 0 Å². The van der Waals surface area contributed by atoms with E-state index in [2.05, 4.69) is 4.98 Å². The van der Waals surface area contributed by atoms with E-state index in [1.54, 1.807) is 18.2 Å². The van der Waals surface area contributed by atoms with Crippen molar-refractivity contribution < 1.29 is 5.11 Å². The molecular weight excluding hydrogens is 232 g/mol. The fraction of sp³-hybridized carbons (Fsp3) is 0.200. The van der Waals surface area contributed by atoms with Crippen LogP contribution in [0.15, 0.2) is 27.8 Å². The number of H-pyrrole nitrogens is 1. The minimum Gasteiger partial charge on any atom is -0.395 e. The number of aliphatic hydroxyl groups is 1. The normalized spacial score (nSPS) is 10.9. The first kappa shape index (κ1) is 10.9. The van der Waals surface area contributed by atoms with Gasteiger partial charge in [-0.15, -0.1) is 0 Å². The summed E-state index contributed by atoms with van der Waals surface area (Å²) in [6.07, 6.45) is 0. The van der Waals surface area contributed by atoms with E-state index in [4.69, 9.17) is 16.7 Å². The second kappa shape index (κ2) is 4.11. The standard InChI is InChI=1S/C10H9ClN2O3/c11-6-2-1-3-7-8(6)9(15)13(4-5-14)10(16)12-7/h1-3,14H,4-5H2,(H,12,16). The lowest BCUT2D eigenvalue weighted by Gasteiger charge is -2.05. The van der Waals surface area contributed by atoms with Crippen LogP contribution in [-0.4, -0.2) is 21.3 Å². The maximum Gasteiger partial charge on any atom is 0.328 e. The molecule has 2 rings (SSSR count). The van der Waals surface area contributed by atoms with Crippen LogP contribution in [0.25, 0.3) is 10.9 Å². The number of fused-ring (bicyclic) bond motifs is 1. The quantitative estimate of drug-likeness (QED) is 0.795. The highest BCUT2D eigenvalue weighted by molar-refractivity contribution is 6.35. The molecule has 5 nitrogen and oxygen atoms in total. The van der Waals surface area contributed by atoms with Crippen molar-refractivity contribution >= 4 is 22.5 Å². The zero-order valence-corrected chi connectivity index (χ0v) is 8.99. The number of aliphatic hydroxyl groups excluding tert-OH is 1. The van der Waals surface area contributed by atoms with Crippen LogP contribution in [0.4, 0.5) is 0 Å². The van der Waals surface area contributed by atoms with Crippen LogP contribution in [0, 0.1) is 0 Å². The molecule has 0 bridgehead atoms. The molecule has 0 unspecified atom stereocenters. The molecule has 0 atom stereocenters. The van der Waals surface area contributed by atoms with Crippen LogP contribution in [0.1, 0.15) is 0 Å². The van der Waals surface area contributed by atoms with Gasteiger partial charge < -0.3 is 10.1 Å². The predicted molar refractivity (Wildman–Crippen MR) is 60.9 cm³/mol. The molecule has 1 aromatic carbocycles. The number of aromatic nitrogens is 2. The smallest absolute Gasteiger partial charge is 0.328 e. The third kappa shape index (κ3) is 1.64. The van der Waals surface area contributed by atoms with E-state index in [9.17, 15) is 9.59 Å². The molecule has 0 saturated heterocycles. The van der Waals surface area contributed by atoms with Gasteiger partial charge in [0.1, 0.15) is 0 Å². The van der Waals surface area contributed by atoms with Crippen LogP contribution >= 0.6 is 11.6 Å². The second-order valence-corrected chi connectivity index (χ2v) is 3.68. The summed E-state index contributed by atoms with van der Waals surface area (Å²) in [4.78, 5) is 26.0. The monoisotopic (exact) mass is 240 g/mol. The predicted octanol–water partition coefficient (Wildman–Crippen LogP) is 0.335. The summed E-state index contributed by atoms with van der Waals surface area (Å²) in [5.41, 5.74) is -0.635. The fourth-order valence-corrected chi connectivity index (χ4v) is 1.81. The topological polar surface area (TPSA) is 75.1 Å². The van der Waals surface area contributed by atoms with E-state index in [1.807, 2.05) is 0 Å². The molecule has 0 aliphatic carbocycles. The van der Waals surface area contributed by atoms with E-state index in [-0.39, 0.29) is 23.6 Å². The molecule has 0 radical (unpaired) electrons. The Morgan fingerprint density at radius 3 is 2.81 bits per heavy atom. The molecule has 1 aromatic heterocycles. The van der Waals surface area contributed by atoms with Gasteiger partial charge in [-0.25, -0.2) is 4.79 Å². The van der Waals surface area contributed by atoms with Gasteiger partial charge in [-0.05, 0) is 12.1 Å². The first-order valence-corrected chi connectivity index (χ1v) is 5.05. The van der Waals surface area contributed by atoms with Crippen molar-refractivity contribution in [1.82, 2.24) is 9.55 Å². The van der Waals surface area contributed by atoms with Crippen LogP contribution < -0.4 is 11.2 Å². The zero-order valence-electron chi connectivity index (χ0n) is 8.24. The molecule has 0 spiro atoms. The minimum atomic E-state index is -0.547. The molecule has 0 fully saturated rings. The second-order valence-electron chi connectivity index (χ2n) is 3.27. The highest BCUT2D eigenvalue weighted by atomic mass is 35.5. The summed E-state index contributed by atoms with van der Waals surface area (Å²) in [6, 6.07) is 4.83. The maximum atomic E-state index is 11.9. The molecule has 1 heterocycles. The largest absolute Gasteiger partial charge is 0.395 e. The summed E-state index contributed by atoms with van der Waals surface area (Å²) in [6.45, 7) is -0.325. The van der Waals surface area contributed by atoms with Gasteiger partial charge in [0.25, 0.3) is 5.56 Å². The van der Waals surface area contributed by atoms with E-state index in [0.29, 0.717) is 5.52 Å². The number of halogens is 1. The summed E-state index contributed by atoms with van der Waals surface area (Å²) in [7, 11) is 0. The van der Waals surface area contributed by atoms with Crippen molar-refractivity contribution in [3.05, 3.63) is 44.1 Å². The fourth-order valence-electron chi connectivity index (χ4n) is 1.56. The van der Waals surface area contributed by atoms with Crippen LogP contribution in [-0.2, 0) is 6.54 Å². The highest BCUT2D eigenvalue weighted by Crippen LogP contribution is 2.16. The lowest BCUT2D eigenvalue weighted by molar-refractivity contribution is 0.272. The molecule has 0 amide bonds. The Kier molecular flexibility index (Phi) is 2.80. The molecule has 0 aliphatic heterocycles. The van der Waals surface area contributed by atoms with Crippen molar-refractivity contribution in [2.45, 2.75) is 6.54 Å². The first-order chi connectivity index (χ1) is 7.65. The molecule has 2 aromatic rings. The number of aromatic amines is 1. The molecule has 2 N–H and O–H groups in total. The Morgan fingerprint density at radius 2 is 2.12 bits per heavy atom. The molecule has 0 aliphatic rings. The van der Waals surface area contributed by atoms with Crippen LogP contribution in [0.5, 0.6) is 0 Å². The Morgan fingerprint density at radius 1 is 1.38 bits per heavy atom. The van der Waals surface area contributed by atoms with Gasteiger partial charge >= 0.3 is 5.69 Å². The lowest BCUT2D eigenvalue weighted by atomic mass is 10.2. The van der Waals surface area contributed by atoms with Gasteiger partial charge in [-0.1, -0.05) is 17.7 Å². The van der Waals surface area contributed by atoms with Gasteiger partial charge in [-0.3, -0.25) is 9.36 Å². The molecular formula is C10H9ClN2O3. The van der Waals surface area contributed by atoms with E-state index < -0.39 is 11.2 Å². The average molecular weight is 241 g/mol. The minimum absolute atomic E-state index is 0.0463. The summed E-state index contributed by atoms with van der Waals surface area (Å²) in [5.74, 6) is 0. The third-order valence-corrected chi connectivity index (χ3v) is 2.60. The van der Waals surface area contributed by atoms with Crippen molar-refractivity contribution in [1.29, 1.82) is 0 Å². The maximum absolute atomic E-state index is 11.9. The number of rotatable bonds is 2. The van der Waals surface area contributed by atoms with E-state index in [1.165, 1.54) is 0 Å². The van der Waals surface area contributed by atoms with Crippen molar-refractivity contribution in [2.24, 2.45) is 0 Å². The van der Waals surface area contributed by atoms with Crippen LogP contribution in [0.2, 0.25) is 5.02 Å². The number of hydrogen-bond donors (Lipinski definition) is 2. The summed E-state index contributed by atoms with van der Waals surface area (Å²) >= 11 is 5.89. The van der Waals surface area contributed by atoms with Crippen molar-refractivity contribution in [2.75, 3.05) is 6.61 Å². The molecule has 6 heteroatoms. The Labute approximate surface area is 94.9 Å². The number of nitrogens with zero attached hydrogens (tertiary/aromatic N) is 1.